The Bertz CT molecular complexity index is 1140. The van der Waals surface area contributed by atoms with Gasteiger partial charge >= 0.3 is 0 Å². The predicted octanol–water partition coefficient (Wildman–Crippen LogP) is 4.43. The van der Waals surface area contributed by atoms with Crippen LogP contribution in [-0.4, -0.2) is 25.1 Å². The quantitative estimate of drug-likeness (QED) is 0.669. The molecule has 31 heavy (non-hydrogen) atoms. The third-order valence-electron chi connectivity index (χ3n) is 6.18. The van der Waals surface area contributed by atoms with E-state index in [0.717, 1.165) is 31.2 Å². The van der Waals surface area contributed by atoms with E-state index < -0.39 is 10.0 Å². The number of hydrogen-bond acceptors (Lipinski definition) is 4. The molecular formula is C23H25ClN2O4S. The van der Waals surface area contributed by atoms with Gasteiger partial charge < -0.3 is 0 Å². The first-order valence-corrected chi connectivity index (χ1v) is 12.3. The van der Waals surface area contributed by atoms with Crippen molar-refractivity contribution in [3.63, 3.8) is 0 Å². The highest BCUT2D eigenvalue weighted by Gasteiger charge is 2.47. The third kappa shape index (κ3) is 4.21. The van der Waals surface area contributed by atoms with Crippen LogP contribution in [0.5, 0.6) is 0 Å². The number of imide groups is 1. The number of sulfonamides is 1. The number of nitrogens with zero attached hydrogens (tertiary/aromatic N) is 1. The molecular weight excluding hydrogens is 436 g/mol. The van der Waals surface area contributed by atoms with E-state index in [1.54, 1.807) is 37.3 Å². The Morgan fingerprint density at radius 2 is 1.65 bits per heavy atom. The number of halogens is 1. The molecule has 2 aliphatic rings. The Hall–Kier alpha value is -2.38. The molecule has 2 aromatic rings. The number of amides is 2. The van der Waals surface area contributed by atoms with Crippen LogP contribution in [0.2, 0.25) is 5.02 Å². The first-order chi connectivity index (χ1) is 14.7. The summed E-state index contributed by atoms with van der Waals surface area (Å²) in [5.74, 6) is -0.714. The first-order valence-electron chi connectivity index (χ1n) is 10.4. The molecule has 1 aliphatic carbocycles. The van der Waals surface area contributed by atoms with Crippen molar-refractivity contribution >= 4 is 39.1 Å². The SMILES string of the molecule is Cc1ccc(NS(=O)(=O)c2cc(CN3C(=O)[C@H]4CCCC[C@@H]4C3=O)ccc2C)c(Cl)c1. The predicted molar refractivity (Wildman–Crippen MR) is 119 cm³/mol. The summed E-state index contributed by atoms with van der Waals surface area (Å²) in [5, 5.41) is 0.313. The second-order valence-corrected chi connectivity index (χ2v) is 10.5. The van der Waals surface area contributed by atoms with E-state index in [4.69, 9.17) is 11.6 Å². The third-order valence-corrected chi connectivity index (χ3v) is 8.00. The van der Waals surface area contributed by atoms with E-state index in [-0.39, 0.29) is 35.1 Å². The van der Waals surface area contributed by atoms with Crippen molar-refractivity contribution in [2.45, 2.75) is 51.0 Å². The van der Waals surface area contributed by atoms with Crippen molar-refractivity contribution in [2.75, 3.05) is 4.72 Å². The Morgan fingerprint density at radius 1 is 1.00 bits per heavy atom. The summed E-state index contributed by atoms with van der Waals surface area (Å²) in [4.78, 5) is 26.9. The maximum absolute atomic E-state index is 13.1. The molecule has 2 fully saturated rings. The van der Waals surface area contributed by atoms with Crippen molar-refractivity contribution in [3.05, 3.63) is 58.1 Å². The van der Waals surface area contributed by atoms with Crippen LogP contribution < -0.4 is 4.72 Å². The lowest BCUT2D eigenvalue weighted by molar-refractivity contribution is -0.140. The van der Waals surface area contributed by atoms with E-state index in [2.05, 4.69) is 4.72 Å². The second kappa shape index (κ2) is 8.28. The van der Waals surface area contributed by atoms with E-state index >= 15 is 0 Å². The van der Waals surface area contributed by atoms with Crippen LogP contribution in [0.1, 0.15) is 42.4 Å². The monoisotopic (exact) mass is 460 g/mol. The molecule has 1 saturated carbocycles. The number of hydrogen-bond donors (Lipinski definition) is 1. The van der Waals surface area contributed by atoms with E-state index in [9.17, 15) is 18.0 Å². The summed E-state index contributed by atoms with van der Waals surface area (Å²) in [5.41, 5.74) is 2.38. The average molecular weight is 461 g/mol. The minimum atomic E-state index is -3.91. The number of anilines is 1. The fourth-order valence-electron chi connectivity index (χ4n) is 4.50. The molecule has 0 bridgehead atoms. The number of benzene rings is 2. The highest BCUT2D eigenvalue weighted by atomic mass is 35.5. The average Bonchev–Trinajstić information content (AvgIpc) is 2.96. The van der Waals surface area contributed by atoms with Crippen molar-refractivity contribution in [1.29, 1.82) is 0 Å². The molecule has 4 rings (SSSR count). The molecule has 1 N–H and O–H groups in total. The van der Waals surface area contributed by atoms with Gasteiger partial charge in [-0.25, -0.2) is 8.42 Å². The molecule has 1 heterocycles. The topological polar surface area (TPSA) is 83.6 Å². The van der Waals surface area contributed by atoms with E-state index in [0.29, 0.717) is 21.8 Å². The molecule has 0 spiro atoms. The summed E-state index contributed by atoms with van der Waals surface area (Å²) < 4.78 is 28.7. The minimum absolute atomic E-state index is 0.0821. The van der Waals surface area contributed by atoms with Crippen LogP contribution >= 0.6 is 11.6 Å². The Kier molecular flexibility index (Phi) is 5.83. The second-order valence-electron chi connectivity index (χ2n) is 8.45. The van der Waals surface area contributed by atoms with Crippen molar-refractivity contribution in [1.82, 2.24) is 4.90 Å². The van der Waals surface area contributed by atoms with Crippen LogP contribution in [0.15, 0.2) is 41.3 Å². The van der Waals surface area contributed by atoms with Crippen molar-refractivity contribution in [2.24, 2.45) is 11.8 Å². The van der Waals surface area contributed by atoms with Crippen LogP contribution in [0.4, 0.5) is 5.69 Å². The lowest BCUT2D eigenvalue weighted by atomic mass is 9.81. The number of carbonyl (C=O) groups excluding carboxylic acids is 2. The largest absolute Gasteiger partial charge is 0.278 e. The summed E-state index contributed by atoms with van der Waals surface area (Å²) in [6.07, 6.45) is 3.43. The van der Waals surface area contributed by atoms with Crippen LogP contribution in [0, 0.1) is 25.7 Å². The number of fused-ring (bicyclic) bond motifs is 1. The van der Waals surface area contributed by atoms with Gasteiger partial charge in [0.15, 0.2) is 0 Å². The number of carbonyl (C=O) groups is 2. The lowest BCUT2D eigenvalue weighted by Crippen LogP contribution is -2.30. The summed E-state index contributed by atoms with van der Waals surface area (Å²) in [6.45, 7) is 3.66. The number of rotatable bonds is 5. The van der Waals surface area contributed by atoms with Gasteiger partial charge in [-0.15, -0.1) is 0 Å². The van der Waals surface area contributed by atoms with Crippen LogP contribution in [-0.2, 0) is 26.2 Å². The van der Waals surface area contributed by atoms with Gasteiger partial charge in [-0.2, -0.15) is 0 Å². The van der Waals surface area contributed by atoms with Gasteiger partial charge in [0.05, 0.1) is 34.0 Å². The van der Waals surface area contributed by atoms with Crippen molar-refractivity contribution < 1.29 is 18.0 Å². The van der Waals surface area contributed by atoms with Gasteiger partial charge in [-0.1, -0.05) is 42.6 Å². The molecule has 0 radical (unpaired) electrons. The van der Waals surface area contributed by atoms with E-state index in [1.165, 1.54) is 11.0 Å². The molecule has 1 aliphatic heterocycles. The number of aryl methyl sites for hydroxylation is 2. The van der Waals surface area contributed by atoms with Gasteiger partial charge in [0.25, 0.3) is 10.0 Å². The summed E-state index contributed by atoms with van der Waals surface area (Å²) in [7, 11) is -3.91. The normalized spacial score (nSPS) is 21.3. The molecule has 0 aromatic heterocycles. The molecule has 8 heteroatoms. The summed E-state index contributed by atoms with van der Waals surface area (Å²) >= 11 is 6.19. The molecule has 2 atom stereocenters. The molecule has 0 unspecified atom stereocenters. The molecule has 164 valence electrons. The maximum atomic E-state index is 13.1. The first kappa shape index (κ1) is 21.8. The Morgan fingerprint density at radius 3 is 2.26 bits per heavy atom. The van der Waals surface area contributed by atoms with Gasteiger partial charge in [-0.3, -0.25) is 19.2 Å². The molecule has 1 saturated heterocycles. The highest BCUT2D eigenvalue weighted by Crippen LogP contribution is 2.38. The van der Waals surface area contributed by atoms with Gasteiger partial charge in [0.2, 0.25) is 11.8 Å². The fourth-order valence-corrected chi connectivity index (χ4v) is 6.22. The Balaban J connectivity index is 1.60. The number of likely N-dealkylation sites (tertiary alicyclic amines) is 1. The maximum Gasteiger partial charge on any atom is 0.262 e. The number of nitrogens with one attached hydrogen (secondary N) is 1. The lowest BCUT2D eigenvalue weighted by Gasteiger charge is -2.19. The van der Waals surface area contributed by atoms with Crippen LogP contribution in [0.3, 0.4) is 0 Å². The van der Waals surface area contributed by atoms with Gasteiger partial charge in [0, 0.05) is 0 Å². The van der Waals surface area contributed by atoms with Crippen molar-refractivity contribution in [3.8, 4) is 0 Å². The molecule has 2 aromatic carbocycles. The van der Waals surface area contributed by atoms with Gasteiger partial charge in [0.1, 0.15) is 0 Å². The zero-order chi connectivity index (χ0) is 22.3. The standard InChI is InChI=1S/C23H25ClN2O4S/c1-14-7-10-20(19(24)11-14)25-31(29,30)21-12-16(9-8-15(21)2)13-26-22(27)17-5-3-4-6-18(17)23(26)28/h7-12,17-18,25H,3-6,13H2,1-2H3/t17-,18-/m0/s1. The zero-order valence-electron chi connectivity index (χ0n) is 17.5. The Labute approximate surface area is 187 Å². The van der Waals surface area contributed by atoms with E-state index in [1.807, 2.05) is 6.92 Å². The molecule has 2 amide bonds. The minimum Gasteiger partial charge on any atom is -0.278 e. The highest BCUT2D eigenvalue weighted by molar-refractivity contribution is 7.92. The zero-order valence-corrected chi connectivity index (χ0v) is 19.1. The molecule has 6 nitrogen and oxygen atoms in total. The van der Waals surface area contributed by atoms with Crippen LogP contribution in [0.25, 0.3) is 0 Å². The van der Waals surface area contributed by atoms with Gasteiger partial charge in [-0.05, 0) is 61.6 Å². The fraction of sp³-hybridized carbons (Fsp3) is 0.391. The smallest absolute Gasteiger partial charge is 0.262 e. The summed E-state index contributed by atoms with van der Waals surface area (Å²) in [6, 6.07) is 10.1.